The zero-order valence-electron chi connectivity index (χ0n) is 11.1. The molecule has 0 spiro atoms. The lowest BCUT2D eigenvalue weighted by Gasteiger charge is -2.13. The molecule has 98 valence electrons. The maximum absolute atomic E-state index is 6.02. The van der Waals surface area contributed by atoms with Crippen LogP contribution >= 0.6 is 11.8 Å². The normalized spacial score (nSPS) is 17.2. The third-order valence-corrected chi connectivity index (χ3v) is 4.78. The maximum Gasteiger partial charge on any atom is 0.122 e. The van der Waals surface area contributed by atoms with Crippen molar-refractivity contribution in [1.29, 1.82) is 0 Å². The van der Waals surface area contributed by atoms with E-state index in [0.717, 1.165) is 25.2 Å². The van der Waals surface area contributed by atoms with E-state index in [9.17, 15) is 0 Å². The van der Waals surface area contributed by atoms with Crippen LogP contribution in [-0.4, -0.2) is 11.9 Å². The van der Waals surface area contributed by atoms with Crippen LogP contribution in [0.2, 0.25) is 0 Å². The van der Waals surface area contributed by atoms with E-state index in [1.165, 1.54) is 16.0 Å². The third-order valence-electron chi connectivity index (χ3n) is 3.49. The summed E-state index contributed by atoms with van der Waals surface area (Å²) in [5, 5.41) is 0.544. The monoisotopic (exact) mass is 270 g/mol. The highest BCUT2D eigenvalue weighted by atomic mass is 32.2. The predicted molar refractivity (Wildman–Crippen MR) is 81.1 cm³/mol. The Kier molecular flexibility index (Phi) is 3.79. The number of aryl methyl sites for hydroxylation is 1. The Bertz CT molecular complexity index is 540. The average molecular weight is 270 g/mol. The van der Waals surface area contributed by atoms with Gasteiger partial charge in [-0.25, -0.2) is 0 Å². The fourth-order valence-electron chi connectivity index (χ4n) is 2.47. The average Bonchev–Trinajstić information content (AvgIpc) is 2.88. The summed E-state index contributed by atoms with van der Waals surface area (Å²) >= 11 is 1.94. The Morgan fingerprint density at radius 3 is 2.74 bits per heavy atom. The molecule has 3 rings (SSSR count). The standard InChI is InChI=1S/C17H18OS/c1-2-13-7-3-5-9-16(13)18-12-15-11-14-8-4-6-10-17(14)19-15/h3-10,15H,2,11-12H2,1H3. The molecular weight excluding hydrogens is 252 g/mol. The first-order valence-electron chi connectivity index (χ1n) is 6.82. The highest BCUT2D eigenvalue weighted by Gasteiger charge is 2.22. The third kappa shape index (κ3) is 2.79. The van der Waals surface area contributed by atoms with Crippen molar-refractivity contribution in [2.24, 2.45) is 0 Å². The Morgan fingerprint density at radius 2 is 1.89 bits per heavy atom. The van der Waals surface area contributed by atoms with E-state index in [4.69, 9.17) is 4.74 Å². The second kappa shape index (κ2) is 5.70. The van der Waals surface area contributed by atoms with Crippen molar-refractivity contribution in [2.45, 2.75) is 29.9 Å². The van der Waals surface area contributed by atoms with E-state index in [1.807, 2.05) is 17.8 Å². The van der Waals surface area contributed by atoms with Gasteiger partial charge in [-0.15, -0.1) is 11.8 Å². The van der Waals surface area contributed by atoms with Crippen molar-refractivity contribution >= 4 is 11.8 Å². The highest BCUT2D eigenvalue weighted by molar-refractivity contribution is 8.00. The molecule has 1 atom stereocenters. The molecule has 1 heterocycles. The molecule has 19 heavy (non-hydrogen) atoms. The predicted octanol–water partition coefficient (Wildman–Crippen LogP) is 4.34. The van der Waals surface area contributed by atoms with Gasteiger partial charge in [0.25, 0.3) is 0 Å². The van der Waals surface area contributed by atoms with Gasteiger partial charge in [0.05, 0.1) is 0 Å². The van der Waals surface area contributed by atoms with Crippen molar-refractivity contribution < 1.29 is 4.74 Å². The zero-order chi connectivity index (χ0) is 13.1. The Morgan fingerprint density at radius 1 is 1.11 bits per heavy atom. The van der Waals surface area contributed by atoms with Gasteiger partial charge in [-0.3, -0.25) is 0 Å². The molecule has 1 aliphatic heterocycles. The van der Waals surface area contributed by atoms with E-state index >= 15 is 0 Å². The summed E-state index contributed by atoms with van der Waals surface area (Å²) in [6.07, 6.45) is 2.14. The molecule has 2 aromatic carbocycles. The minimum absolute atomic E-state index is 0.544. The summed E-state index contributed by atoms with van der Waals surface area (Å²) in [5.41, 5.74) is 2.76. The number of ether oxygens (including phenoxy) is 1. The molecule has 0 saturated carbocycles. The van der Waals surface area contributed by atoms with Gasteiger partial charge in [0, 0.05) is 10.1 Å². The van der Waals surface area contributed by atoms with Gasteiger partial charge in [0.2, 0.25) is 0 Å². The molecule has 1 unspecified atom stereocenters. The van der Waals surface area contributed by atoms with Crippen LogP contribution in [0.25, 0.3) is 0 Å². The van der Waals surface area contributed by atoms with Crippen molar-refractivity contribution in [1.82, 2.24) is 0 Å². The van der Waals surface area contributed by atoms with Crippen LogP contribution in [0.5, 0.6) is 5.75 Å². The van der Waals surface area contributed by atoms with E-state index in [2.05, 4.69) is 49.4 Å². The molecule has 0 amide bonds. The van der Waals surface area contributed by atoms with Crippen LogP contribution in [0, 0.1) is 0 Å². The van der Waals surface area contributed by atoms with Crippen LogP contribution in [0.15, 0.2) is 53.4 Å². The molecule has 0 fully saturated rings. The van der Waals surface area contributed by atoms with Gasteiger partial charge in [-0.1, -0.05) is 43.3 Å². The van der Waals surface area contributed by atoms with Crippen molar-refractivity contribution in [3.8, 4) is 5.75 Å². The van der Waals surface area contributed by atoms with Crippen LogP contribution < -0.4 is 4.74 Å². The number of rotatable bonds is 4. The Labute approximate surface area is 119 Å². The topological polar surface area (TPSA) is 9.23 Å². The lowest BCUT2D eigenvalue weighted by atomic mass is 10.1. The summed E-state index contributed by atoms with van der Waals surface area (Å²) in [7, 11) is 0. The number of para-hydroxylation sites is 1. The van der Waals surface area contributed by atoms with Crippen LogP contribution in [-0.2, 0) is 12.8 Å². The smallest absolute Gasteiger partial charge is 0.122 e. The molecule has 0 aliphatic carbocycles. The number of fused-ring (bicyclic) bond motifs is 1. The first-order chi connectivity index (χ1) is 9.36. The molecule has 1 nitrogen and oxygen atoms in total. The van der Waals surface area contributed by atoms with Crippen LogP contribution in [0.3, 0.4) is 0 Å². The SMILES string of the molecule is CCc1ccccc1OCC1Cc2ccccc2S1. The molecule has 0 bridgehead atoms. The fourth-order valence-corrected chi connectivity index (χ4v) is 3.68. The minimum Gasteiger partial charge on any atom is -0.492 e. The summed E-state index contributed by atoms with van der Waals surface area (Å²) in [4.78, 5) is 1.42. The minimum atomic E-state index is 0.544. The Hall–Kier alpha value is -1.41. The summed E-state index contributed by atoms with van der Waals surface area (Å²) in [5.74, 6) is 1.04. The Balaban J connectivity index is 1.63. The molecule has 0 saturated heterocycles. The maximum atomic E-state index is 6.02. The first-order valence-corrected chi connectivity index (χ1v) is 7.70. The van der Waals surface area contributed by atoms with Gasteiger partial charge < -0.3 is 4.74 Å². The van der Waals surface area contributed by atoms with E-state index in [-0.39, 0.29) is 0 Å². The van der Waals surface area contributed by atoms with E-state index < -0.39 is 0 Å². The second-order valence-electron chi connectivity index (χ2n) is 4.82. The van der Waals surface area contributed by atoms with Gasteiger partial charge in [0.15, 0.2) is 0 Å². The number of thioether (sulfide) groups is 1. The zero-order valence-corrected chi connectivity index (χ0v) is 12.0. The first kappa shape index (κ1) is 12.6. The van der Waals surface area contributed by atoms with Gasteiger partial charge >= 0.3 is 0 Å². The quantitative estimate of drug-likeness (QED) is 0.817. The highest BCUT2D eigenvalue weighted by Crippen LogP contribution is 2.37. The van der Waals surface area contributed by atoms with Crippen molar-refractivity contribution in [3.63, 3.8) is 0 Å². The van der Waals surface area contributed by atoms with E-state index in [1.54, 1.807) is 0 Å². The number of hydrogen-bond acceptors (Lipinski definition) is 2. The molecule has 0 radical (unpaired) electrons. The molecule has 2 heteroatoms. The number of benzene rings is 2. The van der Waals surface area contributed by atoms with Crippen molar-refractivity contribution in [3.05, 3.63) is 59.7 Å². The molecule has 0 N–H and O–H groups in total. The second-order valence-corrected chi connectivity index (χ2v) is 6.17. The molecular formula is C17H18OS. The molecule has 0 aromatic heterocycles. The largest absolute Gasteiger partial charge is 0.492 e. The van der Waals surface area contributed by atoms with Crippen LogP contribution in [0.1, 0.15) is 18.1 Å². The summed E-state index contributed by atoms with van der Waals surface area (Å²) < 4.78 is 6.02. The lowest BCUT2D eigenvalue weighted by molar-refractivity contribution is 0.314. The lowest BCUT2D eigenvalue weighted by Crippen LogP contribution is -2.14. The van der Waals surface area contributed by atoms with Crippen LogP contribution in [0.4, 0.5) is 0 Å². The van der Waals surface area contributed by atoms with Gasteiger partial charge in [-0.2, -0.15) is 0 Å². The fraction of sp³-hybridized carbons (Fsp3) is 0.294. The van der Waals surface area contributed by atoms with Gasteiger partial charge in [-0.05, 0) is 36.1 Å². The molecule has 2 aromatic rings. The summed E-state index contributed by atoms with van der Waals surface area (Å²) in [6, 6.07) is 17.0. The van der Waals surface area contributed by atoms with Crippen molar-refractivity contribution in [2.75, 3.05) is 6.61 Å². The van der Waals surface area contributed by atoms with E-state index in [0.29, 0.717) is 5.25 Å². The number of hydrogen-bond donors (Lipinski definition) is 0. The van der Waals surface area contributed by atoms with Gasteiger partial charge in [0.1, 0.15) is 12.4 Å². The summed E-state index contributed by atoms with van der Waals surface area (Å²) in [6.45, 7) is 2.96. The molecule has 1 aliphatic rings.